The van der Waals surface area contributed by atoms with Crippen LogP contribution in [0.15, 0.2) is 34.8 Å². The minimum absolute atomic E-state index is 0.743. The molecule has 2 rings (SSSR count). The number of nitrogens with one attached hydrogen (secondary N) is 1. The minimum atomic E-state index is 0.743. The highest BCUT2D eigenvalue weighted by Crippen LogP contribution is 2.22. The number of nitrogens with zero attached hydrogens (tertiary/aromatic N) is 4. The van der Waals surface area contributed by atoms with E-state index in [1.54, 1.807) is 10.9 Å². The number of aromatic nitrogens is 4. The summed E-state index contributed by atoms with van der Waals surface area (Å²) in [5.41, 5.74) is 1.08. The molecule has 0 aliphatic rings. The second-order valence-electron chi connectivity index (χ2n) is 3.36. The average Bonchev–Trinajstić information content (AvgIpc) is 2.67. The van der Waals surface area contributed by atoms with E-state index >= 15 is 0 Å². The highest BCUT2D eigenvalue weighted by Gasteiger charge is 2.02. The number of aryl methyl sites for hydroxylation is 1. The van der Waals surface area contributed by atoms with E-state index in [-0.39, 0.29) is 0 Å². The molecule has 0 unspecified atom stereocenters. The van der Waals surface area contributed by atoms with Crippen molar-refractivity contribution in [2.75, 3.05) is 7.05 Å². The van der Waals surface area contributed by atoms with Gasteiger partial charge in [-0.05, 0) is 18.8 Å². The molecule has 2 aromatic heterocycles. The van der Waals surface area contributed by atoms with Crippen LogP contribution in [0.1, 0.15) is 5.56 Å². The van der Waals surface area contributed by atoms with E-state index in [4.69, 9.17) is 0 Å². The van der Waals surface area contributed by atoms with E-state index in [1.165, 1.54) is 11.8 Å². The number of rotatable bonds is 4. The van der Waals surface area contributed by atoms with Crippen LogP contribution in [0.4, 0.5) is 0 Å². The van der Waals surface area contributed by atoms with Gasteiger partial charge >= 0.3 is 0 Å². The molecule has 5 nitrogen and oxygen atoms in total. The molecule has 1 N–H and O–H groups in total. The van der Waals surface area contributed by atoms with Crippen LogP contribution in [0.2, 0.25) is 0 Å². The van der Waals surface area contributed by atoms with E-state index in [2.05, 4.69) is 20.4 Å². The van der Waals surface area contributed by atoms with Gasteiger partial charge in [0, 0.05) is 37.7 Å². The lowest BCUT2D eigenvalue weighted by atomic mass is 10.3. The van der Waals surface area contributed by atoms with Gasteiger partial charge in [-0.2, -0.15) is 5.10 Å². The van der Waals surface area contributed by atoms with Gasteiger partial charge in [-0.25, -0.2) is 9.97 Å². The predicted octanol–water partition coefficient (Wildman–Crippen LogP) is 1.08. The second-order valence-corrected chi connectivity index (χ2v) is 4.40. The van der Waals surface area contributed by atoms with Crippen molar-refractivity contribution < 1.29 is 0 Å². The van der Waals surface area contributed by atoms with Crippen LogP contribution in [-0.2, 0) is 13.6 Å². The Labute approximate surface area is 98.3 Å². The largest absolute Gasteiger partial charge is 0.316 e. The molecular formula is C10H13N5S. The fourth-order valence-corrected chi connectivity index (χ4v) is 1.97. The molecular weight excluding hydrogens is 222 g/mol. The molecule has 0 fully saturated rings. The molecule has 0 aromatic carbocycles. The third-order valence-electron chi connectivity index (χ3n) is 1.95. The molecule has 84 valence electrons. The van der Waals surface area contributed by atoms with E-state index in [1.807, 2.05) is 32.7 Å². The molecule has 0 bridgehead atoms. The lowest BCUT2D eigenvalue weighted by Gasteiger charge is -2.00. The summed E-state index contributed by atoms with van der Waals surface area (Å²) >= 11 is 1.51. The number of hydrogen-bond donors (Lipinski definition) is 1. The van der Waals surface area contributed by atoms with E-state index < -0.39 is 0 Å². The van der Waals surface area contributed by atoms with Gasteiger partial charge in [0.2, 0.25) is 0 Å². The van der Waals surface area contributed by atoms with Crippen molar-refractivity contribution >= 4 is 11.8 Å². The standard InChI is InChI=1S/C10H13N5S/c1-11-3-8-4-12-10(13-5-8)16-9-6-14-15(2)7-9/h4-7,11H,3H2,1-2H3. The van der Waals surface area contributed by atoms with Crippen molar-refractivity contribution in [1.29, 1.82) is 0 Å². The Bertz CT molecular complexity index is 450. The summed E-state index contributed by atoms with van der Waals surface area (Å²) in [5.74, 6) is 0. The van der Waals surface area contributed by atoms with Gasteiger partial charge in [-0.3, -0.25) is 4.68 Å². The highest BCUT2D eigenvalue weighted by molar-refractivity contribution is 7.99. The molecule has 0 spiro atoms. The van der Waals surface area contributed by atoms with Crippen LogP contribution in [-0.4, -0.2) is 26.8 Å². The Kier molecular flexibility index (Phi) is 3.53. The molecule has 2 aromatic rings. The molecule has 0 atom stereocenters. The first kappa shape index (κ1) is 11.1. The monoisotopic (exact) mass is 235 g/mol. The fraction of sp³-hybridized carbons (Fsp3) is 0.300. The van der Waals surface area contributed by atoms with Crippen molar-refractivity contribution in [2.45, 2.75) is 16.6 Å². The summed E-state index contributed by atoms with van der Waals surface area (Å²) in [5, 5.41) is 7.89. The lowest BCUT2D eigenvalue weighted by Crippen LogP contribution is -2.05. The Hall–Kier alpha value is -1.40. The molecule has 0 saturated carbocycles. The molecule has 16 heavy (non-hydrogen) atoms. The van der Waals surface area contributed by atoms with Gasteiger partial charge in [0.05, 0.1) is 11.1 Å². The first-order valence-electron chi connectivity index (χ1n) is 4.90. The Morgan fingerprint density at radius 2 is 2.06 bits per heavy atom. The maximum absolute atomic E-state index is 4.28. The molecule has 0 amide bonds. The van der Waals surface area contributed by atoms with Crippen molar-refractivity contribution in [3.63, 3.8) is 0 Å². The summed E-state index contributed by atoms with van der Waals surface area (Å²) in [4.78, 5) is 9.60. The van der Waals surface area contributed by atoms with Gasteiger partial charge in [-0.1, -0.05) is 0 Å². The van der Waals surface area contributed by atoms with E-state index in [9.17, 15) is 0 Å². The maximum atomic E-state index is 4.28. The predicted molar refractivity (Wildman–Crippen MR) is 62.1 cm³/mol. The Balaban J connectivity index is 2.05. The summed E-state index contributed by atoms with van der Waals surface area (Å²) in [6.45, 7) is 0.790. The summed E-state index contributed by atoms with van der Waals surface area (Å²) in [6, 6.07) is 0. The zero-order chi connectivity index (χ0) is 11.4. The van der Waals surface area contributed by atoms with Crippen molar-refractivity contribution in [3.05, 3.63) is 30.4 Å². The van der Waals surface area contributed by atoms with Gasteiger partial charge in [-0.15, -0.1) is 0 Å². The molecule has 0 saturated heterocycles. The van der Waals surface area contributed by atoms with Crippen LogP contribution < -0.4 is 5.32 Å². The quantitative estimate of drug-likeness (QED) is 0.804. The Morgan fingerprint density at radius 1 is 1.31 bits per heavy atom. The van der Waals surface area contributed by atoms with Crippen LogP contribution in [0, 0.1) is 0 Å². The Morgan fingerprint density at radius 3 is 2.62 bits per heavy atom. The molecule has 0 radical (unpaired) electrons. The van der Waals surface area contributed by atoms with Gasteiger partial charge in [0.25, 0.3) is 0 Å². The fourth-order valence-electron chi connectivity index (χ4n) is 1.25. The van der Waals surface area contributed by atoms with Crippen LogP contribution in [0.5, 0.6) is 0 Å². The average molecular weight is 235 g/mol. The first-order chi connectivity index (χ1) is 7.78. The summed E-state index contributed by atoms with van der Waals surface area (Å²) in [7, 11) is 3.79. The third kappa shape index (κ3) is 2.80. The summed E-state index contributed by atoms with van der Waals surface area (Å²) < 4.78 is 1.76. The van der Waals surface area contributed by atoms with E-state index in [0.717, 1.165) is 22.2 Å². The molecule has 2 heterocycles. The highest BCUT2D eigenvalue weighted by atomic mass is 32.2. The van der Waals surface area contributed by atoms with Crippen LogP contribution >= 0.6 is 11.8 Å². The van der Waals surface area contributed by atoms with Crippen LogP contribution in [0.25, 0.3) is 0 Å². The van der Waals surface area contributed by atoms with E-state index in [0.29, 0.717) is 0 Å². The zero-order valence-corrected chi connectivity index (χ0v) is 10.0. The van der Waals surface area contributed by atoms with Gasteiger partial charge in [0.1, 0.15) is 0 Å². The normalized spacial score (nSPS) is 10.6. The SMILES string of the molecule is CNCc1cnc(Sc2cnn(C)c2)nc1. The summed E-state index contributed by atoms with van der Waals surface area (Å²) in [6.07, 6.45) is 7.41. The van der Waals surface area contributed by atoms with Crippen molar-refractivity contribution in [3.8, 4) is 0 Å². The first-order valence-corrected chi connectivity index (χ1v) is 5.71. The van der Waals surface area contributed by atoms with Crippen LogP contribution in [0.3, 0.4) is 0 Å². The second kappa shape index (κ2) is 5.09. The maximum Gasteiger partial charge on any atom is 0.192 e. The lowest BCUT2D eigenvalue weighted by molar-refractivity contribution is 0.766. The van der Waals surface area contributed by atoms with Crippen molar-refractivity contribution in [1.82, 2.24) is 25.1 Å². The molecule has 0 aliphatic heterocycles. The number of hydrogen-bond acceptors (Lipinski definition) is 5. The van der Waals surface area contributed by atoms with Gasteiger partial charge in [0.15, 0.2) is 5.16 Å². The zero-order valence-electron chi connectivity index (χ0n) is 9.21. The molecule has 6 heteroatoms. The molecule has 0 aliphatic carbocycles. The smallest absolute Gasteiger partial charge is 0.192 e. The minimum Gasteiger partial charge on any atom is -0.316 e. The topological polar surface area (TPSA) is 55.6 Å². The third-order valence-corrected chi connectivity index (χ3v) is 2.79. The van der Waals surface area contributed by atoms with Crippen molar-refractivity contribution in [2.24, 2.45) is 7.05 Å². The van der Waals surface area contributed by atoms with Gasteiger partial charge < -0.3 is 5.32 Å².